The summed E-state index contributed by atoms with van der Waals surface area (Å²) in [5.74, 6) is -1.77. The highest BCUT2D eigenvalue weighted by Gasteiger charge is 2.43. The molecule has 1 heterocycles. The van der Waals surface area contributed by atoms with Crippen molar-refractivity contribution in [2.45, 2.75) is 31.3 Å². The molecular weight excluding hydrogens is 280 g/mol. The molecule has 1 atom stereocenters. The Bertz CT molecular complexity index is 514. The molecule has 116 valence electrons. The van der Waals surface area contributed by atoms with Gasteiger partial charge >= 0.3 is 0 Å². The fraction of sp³-hybridized carbons (Fsp3) is 0.533. The minimum Gasteiger partial charge on any atom is -0.392 e. The molecule has 0 radical (unpaired) electrons. The van der Waals surface area contributed by atoms with Crippen molar-refractivity contribution in [2.24, 2.45) is 0 Å². The van der Waals surface area contributed by atoms with Crippen molar-refractivity contribution in [3.63, 3.8) is 0 Å². The molecule has 0 saturated carbocycles. The predicted molar refractivity (Wildman–Crippen MR) is 72.8 cm³/mol. The molecule has 21 heavy (non-hydrogen) atoms. The second-order valence-electron chi connectivity index (χ2n) is 5.38. The molecule has 2 rings (SSSR count). The number of amides is 1. The van der Waals surface area contributed by atoms with Crippen LogP contribution in [-0.4, -0.2) is 36.9 Å². The Morgan fingerprint density at radius 1 is 1.43 bits per heavy atom. The molecule has 1 aliphatic rings. The Labute approximate surface area is 122 Å². The SMILES string of the molecule is CC(O)CNC(=O)C1(c2ccc(F)cc2F)CCOCC1. The molecule has 1 aliphatic heterocycles. The van der Waals surface area contributed by atoms with Gasteiger partial charge in [-0.3, -0.25) is 4.79 Å². The summed E-state index contributed by atoms with van der Waals surface area (Å²) in [6.45, 7) is 2.30. The number of aliphatic hydroxyl groups is 1. The van der Waals surface area contributed by atoms with Crippen LogP contribution in [0.2, 0.25) is 0 Å². The Balaban J connectivity index is 2.34. The molecular formula is C15H19F2NO3. The fourth-order valence-electron chi connectivity index (χ4n) is 2.63. The lowest BCUT2D eigenvalue weighted by Gasteiger charge is -2.36. The van der Waals surface area contributed by atoms with Crippen LogP contribution >= 0.6 is 0 Å². The van der Waals surface area contributed by atoms with E-state index in [1.807, 2.05) is 0 Å². The first-order chi connectivity index (χ1) is 9.95. The van der Waals surface area contributed by atoms with E-state index in [4.69, 9.17) is 4.74 Å². The van der Waals surface area contributed by atoms with Gasteiger partial charge in [0.1, 0.15) is 11.6 Å². The van der Waals surface area contributed by atoms with Gasteiger partial charge in [0.25, 0.3) is 0 Å². The fourth-order valence-corrected chi connectivity index (χ4v) is 2.63. The number of nitrogens with one attached hydrogen (secondary N) is 1. The van der Waals surface area contributed by atoms with Crippen molar-refractivity contribution in [3.8, 4) is 0 Å². The highest BCUT2D eigenvalue weighted by molar-refractivity contribution is 5.88. The zero-order chi connectivity index (χ0) is 15.5. The first kappa shape index (κ1) is 15.9. The molecule has 6 heteroatoms. The van der Waals surface area contributed by atoms with Crippen LogP contribution in [0.3, 0.4) is 0 Å². The van der Waals surface area contributed by atoms with Gasteiger partial charge < -0.3 is 15.2 Å². The van der Waals surface area contributed by atoms with Crippen LogP contribution in [0, 0.1) is 11.6 Å². The lowest BCUT2D eigenvalue weighted by atomic mass is 9.73. The van der Waals surface area contributed by atoms with Gasteiger partial charge in [0.05, 0.1) is 11.5 Å². The smallest absolute Gasteiger partial charge is 0.231 e. The molecule has 4 nitrogen and oxygen atoms in total. The summed E-state index contributed by atoms with van der Waals surface area (Å²) in [7, 11) is 0. The number of halogens is 2. The summed E-state index contributed by atoms with van der Waals surface area (Å²) in [6, 6.07) is 3.25. The number of aliphatic hydroxyl groups excluding tert-OH is 1. The zero-order valence-electron chi connectivity index (χ0n) is 11.9. The van der Waals surface area contributed by atoms with Crippen LogP contribution in [0.4, 0.5) is 8.78 Å². The third-order valence-corrected chi connectivity index (χ3v) is 3.79. The topological polar surface area (TPSA) is 58.6 Å². The Kier molecular flexibility index (Phi) is 4.90. The molecule has 0 aliphatic carbocycles. The number of benzene rings is 1. The minimum absolute atomic E-state index is 0.0876. The van der Waals surface area contributed by atoms with E-state index < -0.39 is 23.2 Å². The summed E-state index contributed by atoms with van der Waals surface area (Å²) < 4.78 is 32.5. The molecule has 0 bridgehead atoms. The van der Waals surface area contributed by atoms with E-state index in [0.717, 1.165) is 12.1 Å². The lowest BCUT2D eigenvalue weighted by molar-refractivity contribution is -0.131. The second-order valence-corrected chi connectivity index (χ2v) is 5.38. The van der Waals surface area contributed by atoms with Gasteiger partial charge in [0.15, 0.2) is 0 Å². The number of rotatable bonds is 4. The van der Waals surface area contributed by atoms with E-state index >= 15 is 0 Å². The van der Waals surface area contributed by atoms with Gasteiger partial charge in [-0.15, -0.1) is 0 Å². The molecule has 1 amide bonds. The van der Waals surface area contributed by atoms with Crippen LogP contribution in [-0.2, 0) is 14.9 Å². The van der Waals surface area contributed by atoms with E-state index in [9.17, 15) is 18.7 Å². The lowest BCUT2D eigenvalue weighted by Crippen LogP contribution is -2.49. The molecule has 1 fully saturated rings. The molecule has 1 unspecified atom stereocenters. The summed E-state index contributed by atoms with van der Waals surface area (Å²) in [6.07, 6.45) is -0.0496. The van der Waals surface area contributed by atoms with E-state index in [1.54, 1.807) is 6.92 Å². The zero-order valence-corrected chi connectivity index (χ0v) is 11.9. The first-order valence-electron chi connectivity index (χ1n) is 6.95. The van der Waals surface area contributed by atoms with Crippen LogP contribution in [0.25, 0.3) is 0 Å². The third-order valence-electron chi connectivity index (χ3n) is 3.79. The summed E-state index contributed by atoms with van der Waals surface area (Å²) >= 11 is 0. The maximum absolute atomic E-state index is 14.1. The van der Waals surface area contributed by atoms with E-state index in [-0.39, 0.29) is 18.0 Å². The largest absolute Gasteiger partial charge is 0.392 e. The van der Waals surface area contributed by atoms with Crippen LogP contribution < -0.4 is 5.32 Å². The number of carbonyl (C=O) groups excluding carboxylic acids is 1. The van der Waals surface area contributed by atoms with E-state index in [1.165, 1.54) is 6.07 Å². The predicted octanol–water partition coefficient (Wildman–Crippen LogP) is 1.51. The normalized spacial score (nSPS) is 19.0. The Morgan fingerprint density at radius 2 is 2.10 bits per heavy atom. The number of hydrogen-bond acceptors (Lipinski definition) is 3. The standard InChI is InChI=1S/C15H19F2NO3/c1-10(19)9-18-14(20)15(4-6-21-7-5-15)12-3-2-11(16)8-13(12)17/h2-3,8,10,19H,4-7,9H2,1H3,(H,18,20). The van der Waals surface area contributed by atoms with Gasteiger partial charge in [0, 0.05) is 31.4 Å². The van der Waals surface area contributed by atoms with Gasteiger partial charge in [0.2, 0.25) is 5.91 Å². The quantitative estimate of drug-likeness (QED) is 0.886. The summed E-state index contributed by atoms with van der Waals surface area (Å²) in [4.78, 5) is 12.5. The summed E-state index contributed by atoms with van der Waals surface area (Å²) in [5.41, 5.74) is -0.902. The van der Waals surface area contributed by atoms with Crippen LogP contribution in [0.1, 0.15) is 25.3 Å². The number of carbonyl (C=O) groups is 1. The number of hydrogen-bond donors (Lipinski definition) is 2. The van der Waals surface area contributed by atoms with Crippen molar-refractivity contribution in [1.82, 2.24) is 5.32 Å². The maximum atomic E-state index is 14.1. The second kappa shape index (κ2) is 6.49. The third kappa shape index (κ3) is 3.39. The van der Waals surface area contributed by atoms with Gasteiger partial charge in [-0.1, -0.05) is 6.07 Å². The monoisotopic (exact) mass is 299 g/mol. The highest BCUT2D eigenvalue weighted by atomic mass is 19.1. The molecule has 2 N–H and O–H groups in total. The molecule has 0 spiro atoms. The average molecular weight is 299 g/mol. The van der Waals surface area contributed by atoms with Crippen LogP contribution in [0.15, 0.2) is 18.2 Å². The van der Waals surface area contributed by atoms with Crippen molar-refractivity contribution in [3.05, 3.63) is 35.4 Å². The van der Waals surface area contributed by atoms with Crippen molar-refractivity contribution >= 4 is 5.91 Å². The average Bonchev–Trinajstić information content (AvgIpc) is 2.45. The summed E-state index contributed by atoms with van der Waals surface area (Å²) in [5, 5.41) is 11.9. The van der Waals surface area contributed by atoms with E-state index in [0.29, 0.717) is 26.1 Å². The first-order valence-corrected chi connectivity index (χ1v) is 6.95. The highest BCUT2D eigenvalue weighted by Crippen LogP contribution is 2.36. The molecule has 0 aromatic heterocycles. The maximum Gasteiger partial charge on any atom is 0.231 e. The van der Waals surface area contributed by atoms with Crippen molar-refractivity contribution < 1.29 is 23.4 Å². The molecule has 1 saturated heterocycles. The van der Waals surface area contributed by atoms with Crippen molar-refractivity contribution in [1.29, 1.82) is 0 Å². The van der Waals surface area contributed by atoms with Crippen molar-refractivity contribution in [2.75, 3.05) is 19.8 Å². The molecule has 1 aromatic rings. The van der Waals surface area contributed by atoms with Crippen LogP contribution in [0.5, 0.6) is 0 Å². The Morgan fingerprint density at radius 3 is 2.67 bits per heavy atom. The number of ether oxygens (including phenoxy) is 1. The van der Waals surface area contributed by atoms with E-state index in [2.05, 4.69) is 5.32 Å². The molecule has 1 aromatic carbocycles. The Hall–Kier alpha value is -1.53. The van der Waals surface area contributed by atoms with Gasteiger partial charge in [-0.05, 0) is 25.8 Å². The van der Waals surface area contributed by atoms with Gasteiger partial charge in [-0.25, -0.2) is 8.78 Å². The van der Waals surface area contributed by atoms with Gasteiger partial charge in [-0.2, -0.15) is 0 Å². The minimum atomic E-state index is -1.08.